The standard InChI is InChI=1S/C18H30N4O2/c1-5-18(6-2,12-19)16(23)20-11-14-7-9-15(10-8-14)22-17(24)21-13(3)4/h7-10,13H,5-6,11-12,19H2,1-4H3,(H,20,23)(H2,21,22,24). The Morgan fingerprint density at radius 1 is 1.12 bits per heavy atom. The summed E-state index contributed by atoms with van der Waals surface area (Å²) in [6.45, 7) is 8.56. The van der Waals surface area contributed by atoms with Crippen molar-refractivity contribution in [3.05, 3.63) is 29.8 Å². The van der Waals surface area contributed by atoms with Gasteiger partial charge >= 0.3 is 6.03 Å². The van der Waals surface area contributed by atoms with Crippen LogP contribution >= 0.6 is 0 Å². The van der Waals surface area contributed by atoms with E-state index in [1.165, 1.54) is 0 Å². The van der Waals surface area contributed by atoms with Crippen LogP contribution in [0.1, 0.15) is 46.1 Å². The summed E-state index contributed by atoms with van der Waals surface area (Å²) in [6.07, 6.45) is 1.44. The van der Waals surface area contributed by atoms with Crippen molar-refractivity contribution in [1.29, 1.82) is 0 Å². The molecule has 0 aliphatic rings. The number of anilines is 1. The molecule has 1 aromatic rings. The zero-order valence-electron chi connectivity index (χ0n) is 15.1. The van der Waals surface area contributed by atoms with Gasteiger partial charge in [-0.25, -0.2) is 4.79 Å². The minimum Gasteiger partial charge on any atom is -0.352 e. The zero-order valence-corrected chi connectivity index (χ0v) is 15.1. The highest BCUT2D eigenvalue weighted by atomic mass is 16.2. The minimum atomic E-state index is -0.490. The fraction of sp³-hybridized carbons (Fsp3) is 0.556. The van der Waals surface area contributed by atoms with Crippen LogP contribution in [0.15, 0.2) is 24.3 Å². The van der Waals surface area contributed by atoms with Crippen molar-refractivity contribution in [3.63, 3.8) is 0 Å². The molecular weight excluding hydrogens is 304 g/mol. The van der Waals surface area contributed by atoms with Crippen LogP contribution in [-0.4, -0.2) is 24.5 Å². The molecule has 6 heteroatoms. The number of amides is 3. The summed E-state index contributed by atoms with van der Waals surface area (Å²) in [5, 5.41) is 8.49. The summed E-state index contributed by atoms with van der Waals surface area (Å²) in [4.78, 5) is 24.0. The van der Waals surface area contributed by atoms with E-state index >= 15 is 0 Å². The number of hydrogen-bond acceptors (Lipinski definition) is 3. The van der Waals surface area contributed by atoms with Gasteiger partial charge in [-0.15, -0.1) is 0 Å². The van der Waals surface area contributed by atoms with Crippen molar-refractivity contribution in [3.8, 4) is 0 Å². The molecule has 3 amide bonds. The Morgan fingerprint density at radius 3 is 2.17 bits per heavy atom. The smallest absolute Gasteiger partial charge is 0.319 e. The minimum absolute atomic E-state index is 0.00601. The fourth-order valence-electron chi connectivity index (χ4n) is 2.46. The van der Waals surface area contributed by atoms with Crippen molar-refractivity contribution < 1.29 is 9.59 Å². The number of nitrogens with one attached hydrogen (secondary N) is 3. The number of nitrogens with two attached hydrogens (primary N) is 1. The van der Waals surface area contributed by atoms with Crippen LogP contribution < -0.4 is 21.7 Å². The average molecular weight is 334 g/mol. The molecule has 6 nitrogen and oxygen atoms in total. The van der Waals surface area contributed by atoms with E-state index in [4.69, 9.17) is 5.73 Å². The Hall–Kier alpha value is -2.08. The molecule has 0 atom stereocenters. The quantitative estimate of drug-likeness (QED) is 0.588. The molecule has 0 aliphatic heterocycles. The summed E-state index contributed by atoms with van der Waals surface area (Å²) in [6, 6.07) is 7.25. The van der Waals surface area contributed by atoms with Gasteiger partial charge in [0.2, 0.25) is 5.91 Å². The lowest BCUT2D eigenvalue weighted by Gasteiger charge is -2.28. The van der Waals surface area contributed by atoms with E-state index in [1.54, 1.807) is 0 Å². The number of rotatable bonds is 8. The van der Waals surface area contributed by atoms with E-state index in [0.717, 1.165) is 18.4 Å². The molecule has 0 aromatic heterocycles. The van der Waals surface area contributed by atoms with Crippen LogP contribution in [-0.2, 0) is 11.3 Å². The summed E-state index contributed by atoms with van der Waals surface area (Å²) in [5.41, 5.74) is 6.98. The molecule has 0 fully saturated rings. The second-order valence-electron chi connectivity index (χ2n) is 6.32. The van der Waals surface area contributed by atoms with E-state index < -0.39 is 5.41 Å². The lowest BCUT2D eigenvalue weighted by molar-refractivity contribution is -0.131. The number of hydrogen-bond donors (Lipinski definition) is 4. The molecule has 134 valence electrons. The van der Waals surface area contributed by atoms with Gasteiger partial charge in [0, 0.05) is 24.8 Å². The van der Waals surface area contributed by atoms with Crippen LogP contribution in [0.2, 0.25) is 0 Å². The summed E-state index contributed by atoms with van der Waals surface area (Å²) in [7, 11) is 0. The van der Waals surface area contributed by atoms with Crippen LogP contribution in [0.3, 0.4) is 0 Å². The second-order valence-corrected chi connectivity index (χ2v) is 6.32. The molecule has 0 saturated heterocycles. The molecule has 1 rings (SSSR count). The van der Waals surface area contributed by atoms with Gasteiger partial charge in [-0.2, -0.15) is 0 Å². The third-order valence-electron chi connectivity index (χ3n) is 4.31. The summed E-state index contributed by atoms with van der Waals surface area (Å²) < 4.78 is 0. The van der Waals surface area contributed by atoms with E-state index in [9.17, 15) is 9.59 Å². The van der Waals surface area contributed by atoms with E-state index in [2.05, 4.69) is 16.0 Å². The van der Waals surface area contributed by atoms with Crippen LogP contribution in [0.5, 0.6) is 0 Å². The maximum Gasteiger partial charge on any atom is 0.319 e. The number of carbonyl (C=O) groups is 2. The average Bonchev–Trinajstić information content (AvgIpc) is 2.55. The summed E-state index contributed by atoms with van der Waals surface area (Å²) in [5.74, 6) is -0.00601. The Balaban J connectivity index is 2.58. The molecule has 0 saturated carbocycles. The highest BCUT2D eigenvalue weighted by Crippen LogP contribution is 2.25. The van der Waals surface area contributed by atoms with E-state index in [-0.39, 0.29) is 18.0 Å². The molecule has 5 N–H and O–H groups in total. The first kappa shape index (κ1) is 20.0. The molecule has 1 aromatic carbocycles. The van der Waals surface area contributed by atoms with Crippen molar-refractivity contribution in [2.24, 2.45) is 11.1 Å². The predicted molar refractivity (Wildman–Crippen MR) is 97.6 cm³/mol. The number of urea groups is 1. The van der Waals surface area contributed by atoms with E-state index in [1.807, 2.05) is 52.0 Å². The van der Waals surface area contributed by atoms with Gasteiger partial charge in [0.05, 0.1) is 5.41 Å². The molecule has 0 spiro atoms. The largest absolute Gasteiger partial charge is 0.352 e. The maximum atomic E-state index is 12.4. The molecule has 0 heterocycles. The Bertz CT molecular complexity index is 528. The van der Waals surface area contributed by atoms with Crippen molar-refractivity contribution in [1.82, 2.24) is 10.6 Å². The first-order chi connectivity index (χ1) is 11.4. The van der Waals surface area contributed by atoms with Gasteiger partial charge < -0.3 is 21.7 Å². The van der Waals surface area contributed by atoms with Gasteiger partial charge in [-0.1, -0.05) is 26.0 Å². The van der Waals surface area contributed by atoms with Gasteiger partial charge in [0.25, 0.3) is 0 Å². The Morgan fingerprint density at radius 2 is 1.71 bits per heavy atom. The SMILES string of the molecule is CCC(CC)(CN)C(=O)NCc1ccc(NC(=O)NC(C)C)cc1. The lowest BCUT2D eigenvalue weighted by atomic mass is 9.81. The Kier molecular flexibility index (Phi) is 7.71. The maximum absolute atomic E-state index is 12.4. The zero-order chi connectivity index (χ0) is 18.2. The second kappa shape index (κ2) is 9.27. The number of carbonyl (C=O) groups excluding carboxylic acids is 2. The fourth-order valence-corrected chi connectivity index (χ4v) is 2.46. The van der Waals surface area contributed by atoms with Crippen molar-refractivity contribution in [2.45, 2.75) is 53.1 Å². The van der Waals surface area contributed by atoms with Crippen LogP contribution in [0.25, 0.3) is 0 Å². The highest BCUT2D eigenvalue weighted by molar-refractivity contribution is 5.89. The Labute approximate surface area is 144 Å². The first-order valence-corrected chi connectivity index (χ1v) is 8.51. The van der Waals surface area contributed by atoms with Gasteiger partial charge in [-0.05, 0) is 44.4 Å². The molecule has 0 unspecified atom stereocenters. The van der Waals surface area contributed by atoms with Crippen molar-refractivity contribution >= 4 is 17.6 Å². The van der Waals surface area contributed by atoms with E-state index in [0.29, 0.717) is 18.8 Å². The molecular formula is C18H30N4O2. The highest BCUT2D eigenvalue weighted by Gasteiger charge is 2.32. The molecule has 0 radical (unpaired) electrons. The van der Waals surface area contributed by atoms with Crippen LogP contribution in [0, 0.1) is 5.41 Å². The van der Waals surface area contributed by atoms with Gasteiger partial charge in [0.1, 0.15) is 0 Å². The normalized spacial score (nSPS) is 11.2. The first-order valence-electron chi connectivity index (χ1n) is 8.51. The summed E-state index contributed by atoms with van der Waals surface area (Å²) >= 11 is 0. The molecule has 0 bridgehead atoms. The molecule has 24 heavy (non-hydrogen) atoms. The topological polar surface area (TPSA) is 96.2 Å². The monoisotopic (exact) mass is 334 g/mol. The third kappa shape index (κ3) is 5.53. The number of benzene rings is 1. The molecule has 0 aliphatic carbocycles. The van der Waals surface area contributed by atoms with Gasteiger partial charge in [0.15, 0.2) is 0 Å². The van der Waals surface area contributed by atoms with Crippen LogP contribution in [0.4, 0.5) is 10.5 Å². The lowest BCUT2D eigenvalue weighted by Crippen LogP contribution is -2.45. The van der Waals surface area contributed by atoms with Gasteiger partial charge in [-0.3, -0.25) is 4.79 Å². The van der Waals surface area contributed by atoms with Crippen molar-refractivity contribution in [2.75, 3.05) is 11.9 Å². The predicted octanol–water partition coefficient (Wildman–Crippen LogP) is 2.60. The third-order valence-corrected chi connectivity index (χ3v) is 4.31.